The van der Waals surface area contributed by atoms with Crippen LogP contribution < -0.4 is 10.6 Å². The number of hydrogen-bond acceptors (Lipinski definition) is 4. The Hall–Kier alpha value is -3.28. The molecular weight excluding hydrogens is 556 g/mol. The van der Waals surface area contributed by atoms with Gasteiger partial charge >= 0.3 is 0 Å². The maximum Gasteiger partial charge on any atom is 0.257 e. The van der Waals surface area contributed by atoms with E-state index >= 15 is 0 Å². The Morgan fingerprint density at radius 3 is 2.18 bits per heavy atom. The van der Waals surface area contributed by atoms with E-state index in [9.17, 15) is 9.59 Å². The first kappa shape index (κ1) is 37.9. The quantitative estimate of drug-likeness (QED) is 0.145. The standard InChI is InChI=1S/C30H42N4O2.C9H18/c1-8-11-12-14-23(13-9-2)27(20(4)5)16-24-15-25(18-31-21(24)6)30(36)34-28-17-26(19-32-22(28)7)33-29(35)10-3;1-3-5-6-9(4-2)7-8-9/h14-20H,8-13H2,1-7H3,(H,33,35)(H,34,36);3-8H2,1-2H3/b23-14+,27-16+;. The SMILES string of the molecule is CCCC/C=C(CCC)/C(=C/c1cc(C(=O)Nc2cc(NC(=O)CC)cnc2C)cnc1C)C(C)C.CCCCC1(CC)CC1. The molecule has 2 aromatic heterocycles. The smallest absolute Gasteiger partial charge is 0.257 e. The second kappa shape index (κ2) is 19.3. The van der Waals surface area contributed by atoms with Crippen LogP contribution in [0.5, 0.6) is 0 Å². The van der Waals surface area contributed by atoms with Crippen LogP contribution in [-0.4, -0.2) is 21.8 Å². The second-order valence-corrected chi connectivity index (χ2v) is 12.9. The number of unbranched alkanes of at least 4 members (excludes halogenated alkanes) is 3. The number of aromatic nitrogens is 2. The topological polar surface area (TPSA) is 84.0 Å². The van der Waals surface area contributed by atoms with Gasteiger partial charge in [-0.1, -0.05) is 93.1 Å². The molecule has 0 aliphatic heterocycles. The normalized spacial score (nSPS) is 14.1. The molecule has 1 aliphatic carbocycles. The zero-order valence-electron chi connectivity index (χ0n) is 29.7. The lowest BCUT2D eigenvalue weighted by molar-refractivity contribution is -0.115. The summed E-state index contributed by atoms with van der Waals surface area (Å²) < 4.78 is 0. The van der Waals surface area contributed by atoms with Crippen molar-refractivity contribution < 1.29 is 9.59 Å². The van der Waals surface area contributed by atoms with Gasteiger partial charge in [-0.3, -0.25) is 19.6 Å². The van der Waals surface area contributed by atoms with Crippen LogP contribution in [0.2, 0.25) is 0 Å². The lowest BCUT2D eigenvalue weighted by atomic mass is 9.89. The van der Waals surface area contributed by atoms with Crippen molar-refractivity contribution in [2.24, 2.45) is 11.3 Å². The van der Waals surface area contributed by atoms with Crippen molar-refractivity contribution >= 4 is 29.3 Å². The number of amides is 2. The van der Waals surface area contributed by atoms with Crippen LogP contribution >= 0.6 is 0 Å². The number of allylic oxidation sites excluding steroid dienone is 3. The Bertz CT molecular complexity index is 1300. The monoisotopic (exact) mass is 616 g/mol. The predicted octanol–water partition coefficient (Wildman–Crippen LogP) is 11.0. The fourth-order valence-electron chi connectivity index (χ4n) is 5.41. The highest BCUT2D eigenvalue weighted by Gasteiger charge is 2.39. The molecule has 2 heterocycles. The summed E-state index contributed by atoms with van der Waals surface area (Å²) in [4.78, 5) is 33.7. The van der Waals surface area contributed by atoms with Crippen molar-refractivity contribution in [3.8, 4) is 0 Å². The van der Waals surface area contributed by atoms with E-state index in [0.29, 0.717) is 35.0 Å². The highest BCUT2D eigenvalue weighted by Crippen LogP contribution is 2.52. The first-order valence-electron chi connectivity index (χ1n) is 17.5. The van der Waals surface area contributed by atoms with Crippen LogP contribution in [0.15, 0.2) is 41.7 Å². The Balaban J connectivity index is 0.000000669. The summed E-state index contributed by atoms with van der Waals surface area (Å²) in [7, 11) is 0. The molecule has 0 spiro atoms. The molecule has 2 N–H and O–H groups in total. The number of pyridine rings is 2. The molecule has 0 saturated heterocycles. The third kappa shape index (κ3) is 12.6. The molecular formula is C39H60N4O2. The van der Waals surface area contributed by atoms with Crippen molar-refractivity contribution in [1.82, 2.24) is 9.97 Å². The zero-order valence-corrected chi connectivity index (χ0v) is 29.7. The summed E-state index contributed by atoms with van der Waals surface area (Å²) in [6.07, 6.45) is 22.5. The fraction of sp³-hybridized carbons (Fsp3) is 0.590. The van der Waals surface area contributed by atoms with Gasteiger partial charge < -0.3 is 10.6 Å². The number of carbonyl (C=O) groups is 2. The summed E-state index contributed by atoms with van der Waals surface area (Å²) in [5, 5.41) is 5.72. The minimum Gasteiger partial charge on any atom is -0.325 e. The van der Waals surface area contributed by atoms with Crippen LogP contribution in [0.3, 0.4) is 0 Å². The highest BCUT2D eigenvalue weighted by molar-refractivity contribution is 6.05. The largest absolute Gasteiger partial charge is 0.325 e. The van der Waals surface area contributed by atoms with Gasteiger partial charge in [0.05, 0.1) is 28.8 Å². The van der Waals surface area contributed by atoms with Gasteiger partial charge in [-0.05, 0) is 92.2 Å². The first-order chi connectivity index (χ1) is 21.5. The molecule has 1 saturated carbocycles. The van der Waals surface area contributed by atoms with E-state index in [4.69, 9.17) is 0 Å². The lowest BCUT2D eigenvalue weighted by Gasteiger charge is -2.17. The van der Waals surface area contributed by atoms with Crippen LogP contribution in [0.25, 0.3) is 6.08 Å². The van der Waals surface area contributed by atoms with E-state index in [1.165, 1.54) is 62.5 Å². The molecule has 2 amide bonds. The maximum absolute atomic E-state index is 13.2. The van der Waals surface area contributed by atoms with Gasteiger partial charge in [0.2, 0.25) is 5.91 Å². The van der Waals surface area contributed by atoms with Crippen LogP contribution in [0, 0.1) is 25.2 Å². The minimum absolute atomic E-state index is 0.107. The third-order valence-electron chi connectivity index (χ3n) is 8.87. The van der Waals surface area contributed by atoms with Crippen molar-refractivity contribution in [3.05, 3.63) is 64.3 Å². The number of rotatable bonds is 16. The molecule has 45 heavy (non-hydrogen) atoms. The predicted molar refractivity (Wildman–Crippen MR) is 192 cm³/mol. The first-order valence-corrected chi connectivity index (χ1v) is 17.5. The molecule has 3 rings (SSSR count). The molecule has 0 bridgehead atoms. The summed E-state index contributed by atoms with van der Waals surface area (Å²) in [6, 6.07) is 3.63. The number of hydrogen-bond donors (Lipinski definition) is 2. The third-order valence-corrected chi connectivity index (χ3v) is 8.87. The van der Waals surface area contributed by atoms with Crippen LogP contribution in [0.4, 0.5) is 11.4 Å². The van der Waals surface area contributed by atoms with Crippen molar-refractivity contribution in [2.75, 3.05) is 10.6 Å². The average Bonchev–Trinajstić information content (AvgIpc) is 3.81. The summed E-state index contributed by atoms with van der Waals surface area (Å²) >= 11 is 0. The summed E-state index contributed by atoms with van der Waals surface area (Å²) in [6.45, 7) is 19.1. The zero-order chi connectivity index (χ0) is 33.4. The Morgan fingerprint density at radius 1 is 0.911 bits per heavy atom. The second-order valence-electron chi connectivity index (χ2n) is 12.9. The molecule has 0 aromatic carbocycles. The minimum atomic E-state index is -0.264. The van der Waals surface area contributed by atoms with Crippen molar-refractivity contribution in [1.29, 1.82) is 0 Å². The molecule has 0 atom stereocenters. The van der Waals surface area contributed by atoms with Gasteiger partial charge in [-0.2, -0.15) is 0 Å². The van der Waals surface area contributed by atoms with E-state index in [-0.39, 0.29) is 11.8 Å². The van der Waals surface area contributed by atoms with Crippen LogP contribution in [0.1, 0.15) is 153 Å². The molecule has 248 valence electrons. The molecule has 0 unspecified atom stereocenters. The van der Waals surface area contributed by atoms with Gasteiger partial charge in [0, 0.05) is 18.3 Å². The summed E-state index contributed by atoms with van der Waals surface area (Å²) in [5.41, 5.74) is 7.62. The number of nitrogens with zero attached hydrogens (tertiary/aromatic N) is 2. The number of anilines is 2. The molecule has 6 nitrogen and oxygen atoms in total. The van der Waals surface area contributed by atoms with Gasteiger partial charge in [0.15, 0.2) is 0 Å². The van der Waals surface area contributed by atoms with Gasteiger partial charge in [0.1, 0.15) is 0 Å². The number of nitrogens with one attached hydrogen (secondary N) is 2. The number of carbonyl (C=O) groups excluding carboxylic acids is 2. The van der Waals surface area contributed by atoms with Gasteiger partial charge in [0.25, 0.3) is 5.91 Å². The average molecular weight is 617 g/mol. The fourth-order valence-corrected chi connectivity index (χ4v) is 5.41. The van der Waals surface area contributed by atoms with Gasteiger partial charge in [-0.25, -0.2) is 0 Å². The molecule has 1 aliphatic rings. The number of aryl methyl sites for hydroxylation is 2. The molecule has 6 heteroatoms. The Labute approximate surface area is 274 Å². The van der Waals surface area contributed by atoms with E-state index < -0.39 is 0 Å². The van der Waals surface area contributed by atoms with E-state index in [1.54, 1.807) is 25.4 Å². The lowest BCUT2D eigenvalue weighted by Crippen LogP contribution is -2.15. The Kier molecular flexibility index (Phi) is 16.2. The summed E-state index contributed by atoms with van der Waals surface area (Å²) in [5.74, 6) is -0.0141. The van der Waals surface area contributed by atoms with E-state index in [0.717, 1.165) is 35.9 Å². The maximum atomic E-state index is 13.2. The van der Waals surface area contributed by atoms with Crippen LogP contribution in [-0.2, 0) is 4.79 Å². The molecule has 0 radical (unpaired) electrons. The molecule has 1 fully saturated rings. The molecule has 2 aromatic rings. The van der Waals surface area contributed by atoms with Crippen molar-refractivity contribution in [2.45, 2.75) is 139 Å². The Morgan fingerprint density at radius 2 is 1.60 bits per heavy atom. The highest BCUT2D eigenvalue weighted by atomic mass is 16.2. The van der Waals surface area contributed by atoms with Crippen molar-refractivity contribution in [3.63, 3.8) is 0 Å². The van der Waals surface area contributed by atoms with Gasteiger partial charge in [-0.15, -0.1) is 0 Å². The van der Waals surface area contributed by atoms with E-state index in [1.807, 2.05) is 19.9 Å². The van der Waals surface area contributed by atoms with E-state index in [2.05, 4.69) is 74.3 Å².